The Bertz CT molecular complexity index is 1200. The molecule has 5 rings (SSSR count). The lowest BCUT2D eigenvalue weighted by molar-refractivity contribution is -0.141. The van der Waals surface area contributed by atoms with Crippen LogP contribution in [0.15, 0.2) is 66.7 Å². The van der Waals surface area contributed by atoms with E-state index in [1.165, 1.54) is 4.90 Å². The summed E-state index contributed by atoms with van der Waals surface area (Å²) in [4.78, 5) is 25.9. The molecule has 0 aromatic heterocycles. The zero-order valence-corrected chi connectivity index (χ0v) is 17.6. The van der Waals surface area contributed by atoms with Crippen molar-refractivity contribution < 1.29 is 28.2 Å². The number of rotatable bonds is 4. The Hall–Kier alpha value is -3.74. The maximum absolute atomic E-state index is 14.3. The molecular formula is C26H21F2NO4. The van der Waals surface area contributed by atoms with Gasteiger partial charge in [0.1, 0.15) is 18.2 Å². The number of likely N-dealkylation sites (tertiary alicyclic amines) is 1. The van der Waals surface area contributed by atoms with Crippen LogP contribution in [0, 0.1) is 17.6 Å². The average molecular weight is 449 g/mol. The van der Waals surface area contributed by atoms with Crippen molar-refractivity contribution in [1.29, 1.82) is 0 Å². The number of carboxylic acid groups (broad SMARTS) is 1. The van der Waals surface area contributed by atoms with E-state index < -0.39 is 35.5 Å². The maximum atomic E-state index is 14.3. The van der Waals surface area contributed by atoms with Gasteiger partial charge < -0.3 is 14.7 Å². The SMILES string of the molecule is O=C(O)C1CN(C(=O)OCC2c3ccccc3-c3ccccc32)CC1c1cc(F)ccc1F. The van der Waals surface area contributed by atoms with Crippen molar-refractivity contribution in [3.8, 4) is 11.1 Å². The summed E-state index contributed by atoms with van der Waals surface area (Å²) in [6.07, 6.45) is -0.664. The molecule has 1 fully saturated rings. The second-order valence-corrected chi connectivity index (χ2v) is 8.43. The van der Waals surface area contributed by atoms with Crippen molar-refractivity contribution in [2.24, 2.45) is 5.92 Å². The lowest BCUT2D eigenvalue weighted by Crippen LogP contribution is -2.31. The van der Waals surface area contributed by atoms with E-state index in [1.54, 1.807) is 0 Å². The number of carbonyl (C=O) groups is 2. The van der Waals surface area contributed by atoms with Gasteiger partial charge in [-0.25, -0.2) is 13.6 Å². The van der Waals surface area contributed by atoms with Crippen LogP contribution in [0.25, 0.3) is 11.1 Å². The molecule has 3 aromatic rings. The van der Waals surface area contributed by atoms with Crippen LogP contribution in [0.5, 0.6) is 0 Å². The molecule has 2 atom stereocenters. The molecule has 1 aliphatic heterocycles. The Morgan fingerprint density at radius 2 is 1.55 bits per heavy atom. The fourth-order valence-electron chi connectivity index (χ4n) is 5.00. The van der Waals surface area contributed by atoms with Crippen molar-refractivity contribution in [3.05, 3.63) is 95.1 Å². The predicted molar refractivity (Wildman–Crippen MR) is 117 cm³/mol. The normalized spacial score (nSPS) is 19.3. The molecule has 1 amide bonds. The van der Waals surface area contributed by atoms with Crippen LogP contribution < -0.4 is 0 Å². The van der Waals surface area contributed by atoms with Gasteiger partial charge in [-0.3, -0.25) is 4.79 Å². The van der Waals surface area contributed by atoms with Crippen LogP contribution in [-0.4, -0.2) is 41.8 Å². The fraction of sp³-hybridized carbons (Fsp3) is 0.231. The minimum atomic E-state index is -1.17. The molecule has 7 heteroatoms. The minimum Gasteiger partial charge on any atom is -0.481 e. The summed E-state index contributed by atoms with van der Waals surface area (Å²) in [5.74, 6) is -4.56. The summed E-state index contributed by atoms with van der Waals surface area (Å²) in [7, 11) is 0. The van der Waals surface area contributed by atoms with Gasteiger partial charge in [-0.05, 0) is 46.0 Å². The van der Waals surface area contributed by atoms with Gasteiger partial charge in [-0.15, -0.1) is 0 Å². The lowest BCUT2D eigenvalue weighted by atomic mass is 9.88. The second-order valence-electron chi connectivity index (χ2n) is 8.43. The number of fused-ring (bicyclic) bond motifs is 3. The molecule has 0 spiro atoms. The number of amides is 1. The summed E-state index contributed by atoms with van der Waals surface area (Å²) in [5.41, 5.74) is 4.29. The predicted octanol–water partition coefficient (Wildman–Crippen LogP) is 5.01. The second kappa shape index (κ2) is 8.31. The van der Waals surface area contributed by atoms with E-state index in [1.807, 2.05) is 48.5 Å². The molecule has 0 saturated carbocycles. The molecule has 5 nitrogen and oxygen atoms in total. The van der Waals surface area contributed by atoms with Gasteiger partial charge in [0, 0.05) is 24.9 Å². The Kier molecular flexibility index (Phi) is 5.32. The average Bonchev–Trinajstić information content (AvgIpc) is 3.40. The molecule has 0 radical (unpaired) electrons. The zero-order valence-electron chi connectivity index (χ0n) is 17.6. The third-order valence-electron chi connectivity index (χ3n) is 6.59. The van der Waals surface area contributed by atoms with E-state index in [4.69, 9.17) is 4.74 Å². The highest BCUT2D eigenvalue weighted by molar-refractivity contribution is 5.79. The molecule has 1 heterocycles. The third-order valence-corrected chi connectivity index (χ3v) is 6.59. The number of carboxylic acids is 1. The minimum absolute atomic E-state index is 0.0450. The molecule has 168 valence electrons. The van der Waals surface area contributed by atoms with Gasteiger partial charge in [0.05, 0.1) is 5.92 Å². The third kappa shape index (κ3) is 3.73. The summed E-state index contributed by atoms with van der Waals surface area (Å²) in [6.45, 7) is -0.0965. The van der Waals surface area contributed by atoms with E-state index in [-0.39, 0.29) is 31.2 Å². The first kappa shape index (κ1) is 21.1. The largest absolute Gasteiger partial charge is 0.481 e. The first-order valence-electron chi connectivity index (χ1n) is 10.7. The standard InChI is InChI=1S/C26H21F2NO4/c27-15-9-10-24(28)20(11-15)21-12-29(13-22(21)25(30)31)26(32)33-14-23-18-7-3-1-5-16(18)17-6-2-4-8-19(17)23/h1-11,21-23H,12-14H2,(H,30,31). The molecular weight excluding hydrogens is 428 g/mol. The number of aliphatic carboxylic acids is 1. The molecule has 0 bridgehead atoms. The molecule has 1 saturated heterocycles. The van der Waals surface area contributed by atoms with E-state index in [9.17, 15) is 23.5 Å². The van der Waals surface area contributed by atoms with Gasteiger partial charge in [-0.2, -0.15) is 0 Å². The quantitative estimate of drug-likeness (QED) is 0.608. The number of benzene rings is 3. The molecule has 2 unspecified atom stereocenters. The van der Waals surface area contributed by atoms with E-state index in [0.29, 0.717) is 0 Å². The monoisotopic (exact) mass is 449 g/mol. The van der Waals surface area contributed by atoms with Crippen LogP contribution in [0.2, 0.25) is 0 Å². The number of ether oxygens (including phenoxy) is 1. The number of hydrogen-bond acceptors (Lipinski definition) is 3. The fourth-order valence-corrected chi connectivity index (χ4v) is 5.00. The summed E-state index contributed by atoms with van der Waals surface area (Å²) >= 11 is 0. The van der Waals surface area contributed by atoms with E-state index in [0.717, 1.165) is 40.5 Å². The maximum Gasteiger partial charge on any atom is 0.409 e. The number of nitrogens with zero attached hydrogens (tertiary/aromatic N) is 1. The van der Waals surface area contributed by atoms with Gasteiger partial charge >= 0.3 is 12.1 Å². The smallest absolute Gasteiger partial charge is 0.409 e. The summed E-state index contributed by atoms with van der Waals surface area (Å²) in [6, 6.07) is 18.8. The van der Waals surface area contributed by atoms with Crippen molar-refractivity contribution >= 4 is 12.1 Å². The van der Waals surface area contributed by atoms with Crippen molar-refractivity contribution in [3.63, 3.8) is 0 Å². The van der Waals surface area contributed by atoms with Crippen molar-refractivity contribution in [2.75, 3.05) is 19.7 Å². The summed E-state index contributed by atoms with van der Waals surface area (Å²) in [5, 5.41) is 9.63. The highest BCUT2D eigenvalue weighted by atomic mass is 19.1. The van der Waals surface area contributed by atoms with Gasteiger partial charge in [-0.1, -0.05) is 48.5 Å². The number of halogens is 2. The highest BCUT2D eigenvalue weighted by Gasteiger charge is 2.42. The van der Waals surface area contributed by atoms with Crippen LogP contribution in [-0.2, 0) is 9.53 Å². The molecule has 33 heavy (non-hydrogen) atoms. The van der Waals surface area contributed by atoms with Crippen molar-refractivity contribution in [2.45, 2.75) is 11.8 Å². The van der Waals surface area contributed by atoms with Gasteiger partial charge in [0.15, 0.2) is 0 Å². The first-order chi connectivity index (χ1) is 15.9. The molecule has 1 aliphatic carbocycles. The summed E-state index contributed by atoms with van der Waals surface area (Å²) < 4.78 is 33.6. The number of carbonyl (C=O) groups excluding carboxylic acids is 1. The molecule has 1 N–H and O–H groups in total. The number of hydrogen-bond donors (Lipinski definition) is 1. The Labute approximate surface area is 189 Å². The van der Waals surface area contributed by atoms with Crippen LogP contribution in [0.3, 0.4) is 0 Å². The Morgan fingerprint density at radius 3 is 2.18 bits per heavy atom. The molecule has 2 aliphatic rings. The first-order valence-corrected chi connectivity index (χ1v) is 10.7. The van der Waals surface area contributed by atoms with Crippen molar-refractivity contribution in [1.82, 2.24) is 4.90 Å². The Balaban J connectivity index is 1.34. The molecule has 3 aromatic carbocycles. The van der Waals surface area contributed by atoms with Gasteiger partial charge in [0.25, 0.3) is 0 Å². The van der Waals surface area contributed by atoms with E-state index in [2.05, 4.69) is 0 Å². The highest BCUT2D eigenvalue weighted by Crippen LogP contribution is 2.44. The Morgan fingerprint density at radius 1 is 0.909 bits per heavy atom. The van der Waals surface area contributed by atoms with Crippen LogP contribution in [0.4, 0.5) is 13.6 Å². The van der Waals surface area contributed by atoms with Crippen LogP contribution in [0.1, 0.15) is 28.5 Å². The van der Waals surface area contributed by atoms with Crippen LogP contribution >= 0.6 is 0 Å². The topological polar surface area (TPSA) is 66.8 Å². The lowest BCUT2D eigenvalue weighted by Gasteiger charge is -2.19. The van der Waals surface area contributed by atoms with Gasteiger partial charge in [0.2, 0.25) is 0 Å². The van der Waals surface area contributed by atoms with E-state index >= 15 is 0 Å². The zero-order chi connectivity index (χ0) is 23.1.